The van der Waals surface area contributed by atoms with Crippen LogP contribution in [-0.4, -0.2) is 29.8 Å². The first-order valence-corrected chi connectivity index (χ1v) is 16.1. The molecule has 4 aromatic carbocycles. The summed E-state index contributed by atoms with van der Waals surface area (Å²) in [6.45, 7) is 0. The van der Waals surface area contributed by atoms with Crippen molar-refractivity contribution in [2.45, 2.75) is 47.7 Å². The molecule has 0 radical (unpaired) electrons. The topological polar surface area (TPSA) is 38.7 Å². The number of aliphatic hydroxyl groups is 1. The molecule has 2 heterocycles. The molecule has 0 unspecified atom stereocenters. The molecular formula is C32H20F13O3P. The maximum absolute atomic E-state index is 15.2. The van der Waals surface area contributed by atoms with Gasteiger partial charge >= 0.3 is 268 Å². The molecule has 0 saturated heterocycles. The van der Waals surface area contributed by atoms with E-state index in [0.717, 1.165) is 24.3 Å². The quantitative estimate of drug-likeness (QED) is 0.168. The van der Waals surface area contributed by atoms with Gasteiger partial charge in [0, 0.05) is 0 Å². The van der Waals surface area contributed by atoms with Crippen molar-refractivity contribution in [3.63, 3.8) is 0 Å². The zero-order chi connectivity index (χ0) is 36.1. The van der Waals surface area contributed by atoms with E-state index in [2.05, 4.69) is 0 Å². The Balaban J connectivity index is 1.94. The molecule has 2 aliphatic heterocycles. The summed E-state index contributed by atoms with van der Waals surface area (Å²) in [6, 6.07) is 13.0. The van der Waals surface area contributed by atoms with Gasteiger partial charge in [-0.05, 0) is 0 Å². The average molecular weight is 730 g/mol. The Morgan fingerprint density at radius 2 is 0.857 bits per heavy atom. The van der Waals surface area contributed by atoms with Crippen LogP contribution in [0, 0.1) is 5.82 Å². The van der Waals surface area contributed by atoms with Crippen LogP contribution in [0.4, 0.5) is 57.1 Å². The molecule has 3 nitrogen and oxygen atoms in total. The van der Waals surface area contributed by atoms with Crippen LogP contribution in [0.3, 0.4) is 0 Å². The Labute approximate surface area is 268 Å². The number of rotatable bonds is 4. The minimum absolute atomic E-state index is 0.224. The van der Waals surface area contributed by atoms with Gasteiger partial charge in [-0.15, -0.1) is 0 Å². The first kappa shape index (κ1) is 35.1. The fourth-order valence-electron chi connectivity index (χ4n) is 7.02. The number of hydrogen-bond donors (Lipinski definition) is 1. The van der Waals surface area contributed by atoms with E-state index in [0.29, 0.717) is 48.5 Å². The number of aliphatic hydroxyl groups excluding tert-OH is 1. The summed E-state index contributed by atoms with van der Waals surface area (Å²) in [6.07, 6.45) is -28.9. The van der Waals surface area contributed by atoms with Gasteiger partial charge in [0.15, 0.2) is 0 Å². The van der Waals surface area contributed by atoms with Crippen molar-refractivity contribution in [2.75, 3.05) is 0 Å². The van der Waals surface area contributed by atoms with Crippen LogP contribution in [0.15, 0.2) is 103 Å². The van der Waals surface area contributed by atoms with Crippen LogP contribution in [0.1, 0.15) is 34.0 Å². The third-order valence-electron chi connectivity index (χ3n) is 8.87. The van der Waals surface area contributed by atoms with Crippen LogP contribution < -0.4 is 10.6 Å². The Hall–Kier alpha value is -3.72. The van der Waals surface area contributed by atoms with Crippen molar-refractivity contribution in [2.24, 2.45) is 0 Å². The number of hydrogen-bond acceptors (Lipinski definition) is 3. The van der Waals surface area contributed by atoms with Crippen molar-refractivity contribution in [3.8, 4) is 0 Å². The Kier molecular flexibility index (Phi) is 7.63. The standard InChI is InChI=1S/C32H20F13O3P/c33-20-16-14-19(15-17-20)26(25(46)18-8-2-1-3-9-18)49(23-12-6-4-10-21(23)27(47-49,29(34,35)36)30(37,38)39)24-13-7-5-11-22(24)28(48-49,31(40,41)42)32(43,44)45/h1-17,25-26,46H/t25-,26-/m1/s1. The third-order valence-corrected chi connectivity index (χ3v) is 14.3. The number of benzene rings is 4. The van der Waals surface area contributed by atoms with Crippen LogP contribution in [0.25, 0.3) is 0 Å². The van der Waals surface area contributed by atoms with Crippen LogP contribution >= 0.6 is 7.06 Å². The Morgan fingerprint density at radius 3 is 1.24 bits per heavy atom. The molecule has 0 saturated carbocycles. The van der Waals surface area contributed by atoms with Crippen LogP contribution in [0.2, 0.25) is 0 Å². The zero-order valence-corrected chi connectivity index (χ0v) is 25.0. The SMILES string of the molecule is O[C@H](c1ccccc1)[C@@H](c1ccc(F)cc1)P12(OC(C(F)(F)F)(C(F)(F)F)c3ccccc31)OC(C(F)(F)F)(C(F)(F)F)c1ccccc12. The van der Waals surface area contributed by atoms with Gasteiger partial charge < -0.3 is 0 Å². The fourth-order valence-corrected chi connectivity index (χ4v) is 13.8. The Bertz CT molecular complexity index is 1770. The molecule has 4 aromatic rings. The summed E-state index contributed by atoms with van der Waals surface area (Å²) in [5.74, 6) is -1.05. The van der Waals surface area contributed by atoms with Gasteiger partial charge in [-0.3, -0.25) is 0 Å². The molecule has 0 aliphatic carbocycles. The van der Waals surface area contributed by atoms with E-state index in [1.165, 1.54) is 18.2 Å². The second-order valence-electron chi connectivity index (χ2n) is 11.4. The number of alkyl halides is 12. The minimum atomic E-state index is -7.52. The molecule has 262 valence electrons. The summed E-state index contributed by atoms with van der Waals surface area (Å²) < 4.78 is 208. The predicted octanol–water partition coefficient (Wildman–Crippen LogP) is 9.33. The molecule has 0 bridgehead atoms. The monoisotopic (exact) mass is 730 g/mol. The van der Waals surface area contributed by atoms with Crippen molar-refractivity contribution in [3.05, 3.63) is 131 Å². The van der Waals surface area contributed by atoms with Crippen LogP contribution in [0.5, 0.6) is 0 Å². The van der Waals surface area contributed by atoms with Crippen LogP contribution in [-0.2, 0) is 20.2 Å². The van der Waals surface area contributed by atoms with E-state index in [1.54, 1.807) is 0 Å². The Morgan fingerprint density at radius 1 is 0.490 bits per heavy atom. The average Bonchev–Trinajstić information content (AvgIpc) is 3.47. The van der Waals surface area contributed by atoms with Gasteiger partial charge in [0.1, 0.15) is 0 Å². The number of fused-ring (bicyclic) bond motifs is 4. The first-order chi connectivity index (χ1) is 22.6. The molecular weight excluding hydrogens is 710 g/mol. The molecule has 2 aliphatic rings. The van der Waals surface area contributed by atoms with E-state index in [-0.39, 0.29) is 17.7 Å². The van der Waals surface area contributed by atoms with Crippen molar-refractivity contribution in [1.29, 1.82) is 0 Å². The second kappa shape index (κ2) is 10.6. The summed E-state index contributed by atoms with van der Waals surface area (Å²) in [5, 5.41) is 9.17. The predicted molar refractivity (Wildman–Crippen MR) is 149 cm³/mol. The molecule has 6 rings (SSSR count). The van der Waals surface area contributed by atoms with Crippen molar-refractivity contribution >= 4 is 17.7 Å². The summed E-state index contributed by atoms with van der Waals surface area (Å²) in [4.78, 5) is 0. The van der Waals surface area contributed by atoms with Gasteiger partial charge in [0.05, 0.1) is 0 Å². The summed E-state index contributed by atoms with van der Waals surface area (Å²) >= 11 is 0. The molecule has 49 heavy (non-hydrogen) atoms. The molecule has 0 fully saturated rings. The normalized spacial score (nSPS) is 21.3. The van der Waals surface area contributed by atoms with Gasteiger partial charge in [-0.2, -0.15) is 0 Å². The van der Waals surface area contributed by atoms with Crippen molar-refractivity contribution < 1.29 is 71.2 Å². The van der Waals surface area contributed by atoms with E-state index in [9.17, 15) is 9.50 Å². The molecule has 0 amide bonds. The van der Waals surface area contributed by atoms with Gasteiger partial charge in [0.2, 0.25) is 0 Å². The maximum atomic E-state index is 15.2. The van der Waals surface area contributed by atoms with Gasteiger partial charge in [0.25, 0.3) is 0 Å². The molecule has 1 N–H and O–H groups in total. The molecule has 2 atom stereocenters. The third kappa shape index (κ3) is 4.39. The zero-order valence-electron chi connectivity index (χ0n) is 24.1. The van der Waals surface area contributed by atoms with Crippen molar-refractivity contribution in [1.82, 2.24) is 0 Å². The van der Waals surface area contributed by atoms with E-state index in [4.69, 9.17) is 9.05 Å². The second-order valence-corrected chi connectivity index (χ2v) is 15.4. The number of halogens is 13. The van der Waals surface area contributed by atoms with E-state index in [1.807, 2.05) is 0 Å². The fraction of sp³-hybridized carbons (Fsp3) is 0.250. The first-order valence-electron chi connectivity index (χ1n) is 14.0. The van der Waals surface area contributed by atoms with Gasteiger partial charge in [-0.25, -0.2) is 0 Å². The summed E-state index contributed by atoms with van der Waals surface area (Å²) in [5.41, 5.74) is -18.8. The molecule has 0 aromatic heterocycles. The van der Waals surface area contributed by atoms with E-state index >= 15 is 52.7 Å². The summed E-state index contributed by atoms with van der Waals surface area (Å²) in [7, 11) is -7.52. The molecule has 1 spiro atoms. The molecule has 17 heteroatoms. The van der Waals surface area contributed by atoms with E-state index < -0.39 is 87.8 Å². The van der Waals surface area contributed by atoms with Gasteiger partial charge in [-0.1, -0.05) is 0 Å².